The fourth-order valence-corrected chi connectivity index (χ4v) is 1.50. The Labute approximate surface area is 103 Å². The van der Waals surface area contributed by atoms with Gasteiger partial charge in [0.25, 0.3) is 0 Å². The molecule has 0 saturated carbocycles. The summed E-state index contributed by atoms with van der Waals surface area (Å²) < 4.78 is 0. The Bertz CT molecular complexity index is 399. The van der Waals surface area contributed by atoms with Gasteiger partial charge in [0.1, 0.15) is 0 Å². The highest BCUT2D eigenvalue weighted by molar-refractivity contribution is 5.88. The summed E-state index contributed by atoms with van der Waals surface area (Å²) in [7, 11) is 0. The van der Waals surface area contributed by atoms with Gasteiger partial charge in [0, 0.05) is 12.2 Å². The van der Waals surface area contributed by atoms with Crippen LogP contribution in [0.2, 0.25) is 0 Å². The highest BCUT2D eigenvalue weighted by atomic mass is 16.4. The summed E-state index contributed by atoms with van der Waals surface area (Å²) >= 11 is 0. The summed E-state index contributed by atoms with van der Waals surface area (Å²) in [6, 6.07) is 5.17. The van der Waals surface area contributed by atoms with E-state index in [1.807, 2.05) is 13.0 Å². The van der Waals surface area contributed by atoms with E-state index in [-0.39, 0.29) is 0 Å². The number of hydrogen-bond acceptors (Lipinski definition) is 2. The van der Waals surface area contributed by atoms with Crippen LogP contribution >= 0.6 is 0 Å². The maximum Gasteiger partial charge on any atom is 0.335 e. The lowest BCUT2D eigenvalue weighted by Gasteiger charge is -2.18. The van der Waals surface area contributed by atoms with Crippen LogP contribution in [0.25, 0.3) is 0 Å². The van der Waals surface area contributed by atoms with Crippen LogP contribution in [0.1, 0.15) is 36.7 Å². The van der Waals surface area contributed by atoms with Crippen LogP contribution in [0, 0.1) is 18.8 Å². The van der Waals surface area contributed by atoms with Crippen molar-refractivity contribution in [3.8, 4) is 0 Å². The first-order valence-corrected chi connectivity index (χ1v) is 5.99. The van der Waals surface area contributed by atoms with Gasteiger partial charge in [-0.3, -0.25) is 0 Å². The molecule has 0 saturated heterocycles. The minimum Gasteiger partial charge on any atom is -0.478 e. The molecule has 0 bridgehead atoms. The van der Waals surface area contributed by atoms with E-state index >= 15 is 0 Å². The molecule has 3 nitrogen and oxygen atoms in total. The molecule has 0 spiro atoms. The molecule has 3 heteroatoms. The zero-order chi connectivity index (χ0) is 13.0. The van der Waals surface area contributed by atoms with Gasteiger partial charge in [0.05, 0.1) is 5.56 Å². The van der Waals surface area contributed by atoms with Crippen LogP contribution in [-0.4, -0.2) is 17.6 Å². The number of aryl methyl sites for hydroxylation is 1. The molecule has 17 heavy (non-hydrogen) atoms. The van der Waals surface area contributed by atoms with Gasteiger partial charge in [-0.2, -0.15) is 0 Å². The molecule has 1 aromatic rings. The smallest absolute Gasteiger partial charge is 0.335 e. The molecule has 0 radical (unpaired) electrons. The molecule has 1 unspecified atom stereocenters. The number of carboxylic acids is 1. The van der Waals surface area contributed by atoms with E-state index in [0.717, 1.165) is 17.8 Å². The van der Waals surface area contributed by atoms with Crippen molar-refractivity contribution in [2.24, 2.45) is 11.8 Å². The Morgan fingerprint density at radius 2 is 2.00 bits per heavy atom. The highest BCUT2D eigenvalue weighted by Crippen LogP contribution is 2.18. The zero-order valence-corrected chi connectivity index (χ0v) is 10.9. The third kappa shape index (κ3) is 3.77. The lowest BCUT2D eigenvalue weighted by molar-refractivity contribution is 0.0697. The standard InChI is InChI=1S/C14H21NO2/c1-9(2)11(4)8-15-13-6-5-12(14(16)17)7-10(13)3/h5-7,9,11,15H,8H2,1-4H3,(H,16,17). The fourth-order valence-electron chi connectivity index (χ4n) is 1.50. The fraction of sp³-hybridized carbons (Fsp3) is 0.500. The second kappa shape index (κ2) is 5.71. The van der Waals surface area contributed by atoms with Crippen LogP contribution in [0.4, 0.5) is 5.69 Å². The third-order valence-corrected chi connectivity index (χ3v) is 3.23. The lowest BCUT2D eigenvalue weighted by Crippen LogP contribution is -2.16. The molecule has 0 heterocycles. The maximum atomic E-state index is 10.8. The third-order valence-electron chi connectivity index (χ3n) is 3.23. The second-order valence-corrected chi connectivity index (χ2v) is 4.94. The zero-order valence-electron chi connectivity index (χ0n) is 10.9. The molecule has 1 rings (SSSR count). The van der Waals surface area contributed by atoms with Crippen LogP contribution < -0.4 is 5.32 Å². The van der Waals surface area contributed by atoms with E-state index in [1.165, 1.54) is 0 Å². The van der Waals surface area contributed by atoms with Crippen LogP contribution in [0.15, 0.2) is 18.2 Å². The van der Waals surface area contributed by atoms with Crippen molar-refractivity contribution < 1.29 is 9.90 Å². The van der Waals surface area contributed by atoms with Crippen molar-refractivity contribution in [1.29, 1.82) is 0 Å². The van der Waals surface area contributed by atoms with E-state index in [9.17, 15) is 4.79 Å². The molecule has 2 N–H and O–H groups in total. The molecule has 0 aliphatic rings. The first-order chi connectivity index (χ1) is 7.91. The number of benzene rings is 1. The second-order valence-electron chi connectivity index (χ2n) is 4.94. The predicted octanol–water partition coefficient (Wildman–Crippen LogP) is 3.40. The lowest BCUT2D eigenvalue weighted by atomic mass is 9.98. The normalized spacial score (nSPS) is 12.5. The molecule has 1 aromatic carbocycles. The van der Waals surface area contributed by atoms with Gasteiger partial charge in [-0.05, 0) is 42.5 Å². The summed E-state index contributed by atoms with van der Waals surface area (Å²) in [4.78, 5) is 10.8. The topological polar surface area (TPSA) is 49.3 Å². The number of anilines is 1. The van der Waals surface area contributed by atoms with Gasteiger partial charge in [0.15, 0.2) is 0 Å². The van der Waals surface area contributed by atoms with Gasteiger partial charge >= 0.3 is 5.97 Å². The molecular formula is C14H21NO2. The van der Waals surface area contributed by atoms with Gasteiger partial charge in [-0.25, -0.2) is 4.79 Å². The van der Waals surface area contributed by atoms with Crippen molar-refractivity contribution in [3.05, 3.63) is 29.3 Å². The van der Waals surface area contributed by atoms with Crippen molar-refractivity contribution in [3.63, 3.8) is 0 Å². The molecule has 0 aliphatic carbocycles. The van der Waals surface area contributed by atoms with E-state index in [0.29, 0.717) is 17.4 Å². The number of aromatic carboxylic acids is 1. The van der Waals surface area contributed by atoms with E-state index in [4.69, 9.17) is 5.11 Å². The van der Waals surface area contributed by atoms with E-state index in [1.54, 1.807) is 12.1 Å². The molecule has 1 atom stereocenters. The highest BCUT2D eigenvalue weighted by Gasteiger charge is 2.09. The Hall–Kier alpha value is -1.51. The summed E-state index contributed by atoms with van der Waals surface area (Å²) in [6.45, 7) is 9.44. The summed E-state index contributed by atoms with van der Waals surface area (Å²) in [5.74, 6) is 0.352. The monoisotopic (exact) mass is 235 g/mol. The average Bonchev–Trinajstić information content (AvgIpc) is 2.26. The van der Waals surface area contributed by atoms with Gasteiger partial charge < -0.3 is 10.4 Å². The average molecular weight is 235 g/mol. The Kier molecular flexibility index (Phi) is 4.55. The molecule has 0 fully saturated rings. The Morgan fingerprint density at radius 3 is 2.47 bits per heavy atom. The van der Waals surface area contributed by atoms with Gasteiger partial charge in [0.2, 0.25) is 0 Å². The molecule has 0 amide bonds. The Balaban J connectivity index is 2.70. The largest absolute Gasteiger partial charge is 0.478 e. The molecule has 0 aromatic heterocycles. The predicted molar refractivity (Wildman–Crippen MR) is 70.6 cm³/mol. The van der Waals surface area contributed by atoms with Crippen molar-refractivity contribution in [2.45, 2.75) is 27.7 Å². The number of hydrogen-bond donors (Lipinski definition) is 2. The Morgan fingerprint density at radius 1 is 1.35 bits per heavy atom. The van der Waals surface area contributed by atoms with Crippen molar-refractivity contribution in [1.82, 2.24) is 0 Å². The summed E-state index contributed by atoms with van der Waals surface area (Å²) in [6.07, 6.45) is 0. The van der Waals surface area contributed by atoms with Crippen molar-refractivity contribution >= 4 is 11.7 Å². The maximum absolute atomic E-state index is 10.8. The van der Waals surface area contributed by atoms with Crippen LogP contribution in [0.5, 0.6) is 0 Å². The van der Waals surface area contributed by atoms with Gasteiger partial charge in [-0.15, -0.1) is 0 Å². The van der Waals surface area contributed by atoms with Crippen molar-refractivity contribution in [2.75, 3.05) is 11.9 Å². The molecular weight excluding hydrogens is 214 g/mol. The molecule has 94 valence electrons. The first-order valence-electron chi connectivity index (χ1n) is 5.99. The number of rotatable bonds is 5. The van der Waals surface area contributed by atoms with E-state index < -0.39 is 5.97 Å². The van der Waals surface area contributed by atoms with Gasteiger partial charge in [-0.1, -0.05) is 20.8 Å². The minimum absolute atomic E-state index is 0.338. The molecule has 0 aliphatic heterocycles. The summed E-state index contributed by atoms with van der Waals surface area (Å²) in [5.41, 5.74) is 2.33. The number of carboxylic acid groups (broad SMARTS) is 1. The number of nitrogens with one attached hydrogen (secondary N) is 1. The van der Waals surface area contributed by atoms with Crippen LogP contribution in [-0.2, 0) is 0 Å². The van der Waals surface area contributed by atoms with Crippen LogP contribution in [0.3, 0.4) is 0 Å². The number of carbonyl (C=O) groups is 1. The van der Waals surface area contributed by atoms with E-state index in [2.05, 4.69) is 26.1 Å². The SMILES string of the molecule is Cc1cc(C(=O)O)ccc1NCC(C)C(C)C. The minimum atomic E-state index is -0.879. The quantitative estimate of drug-likeness (QED) is 0.822. The summed E-state index contributed by atoms with van der Waals surface area (Å²) in [5, 5.41) is 12.2. The first kappa shape index (κ1) is 13.6.